The van der Waals surface area contributed by atoms with E-state index in [2.05, 4.69) is 22.0 Å². The van der Waals surface area contributed by atoms with Crippen molar-refractivity contribution in [3.63, 3.8) is 0 Å². The van der Waals surface area contributed by atoms with Gasteiger partial charge in [0.15, 0.2) is 11.5 Å². The Bertz CT molecular complexity index is 876. The molecule has 29 heavy (non-hydrogen) atoms. The highest BCUT2D eigenvalue weighted by molar-refractivity contribution is 5.93. The summed E-state index contributed by atoms with van der Waals surface area (Å²) in [5.74, 6) is 1.58. The zero-order chi connectivity index (χ0) is 20.2. The fourth-order valence-electron chi connectivity index (χ4n) is 4.27. The highest BCUT2D eigenvalue weighted by atomic mass is 16.5. The number of methoxy groups -OCH3 is 2. The van der Waals surface area contributed by atoms with Gasteiger partial charge < -0.3 is 19.3 Å². The van der Waals surface area contributed by atoms with Crippen molar-refractivity contribution < 1.29 is 14.3 Å². The molecule has 4 rings (SSSR count). The van der Waals surface area contributed by atoms with Crippen molar-refractivity contribution in [3.8, 4) is 11.5 Å². The second kappa shape index (κ2) is 8.72. The van der Waals surface area contributed by atoms with E-state index in [0.717, 1.165) is 62.6 Å². The summed E-state index contributed by atoms with van der Waals surface area (Å²) in [5.41, 5.74) is 4.10. The molecular weight excluding hydrogens is 366 g/mol. The standard InChI is InChI=1S/C23H29N3O3/c1-28-21-13-17-8-12-26(16-18(17)14-22(21)29-2)19-7-9-24-20(15-19)23(27)25-10-5-3-4-6-11-25/h7,9,13-15H,3-6,8,10-12,16H2,1-2H3. The quantitative estimate of drug-likeness (QED) is 0.791. The first-order chi connectivity index (χ1) is 14.2. The van der Waals surface area contributed by atoms with Crippen LogP contribution in [0.25, 0.3) is 0 Å². The zero-order valence-electron chi connectivity index (χ0n) is 17.3. The Morgan fingerprint density at radius 1 is 0.931 bits per heavy atom. The average molecular weight is 396 g/mol. The van der Waals surface area contributed by atoms with Gasteiger partial charge in [0.05, 0.1) is 14.2 Å². The van der Waals surface area contributed by atoms with Crippen molar-refractivity contribution in [1.82, 2.24) is 9.88 Å². The molecule has 2 aliphatic rings. The molecule has 1 saturated heterocycles. The normalized spacial score (nSPS) is 16.8. The molecule has 154 valence electrons. The summed E-state index contributed by atoms with van der Waals surface area (Å²) in [7, 11) is 3.33. The minimum Gasteiger partial charge on any atom is -0.493 e. The monoisotopic (exact) mass is 395 g/mol. The molecule has 0 bridgehead atoms. The van der Waals surface area contributed by atoms with Crippen LogP contribution >= 0.6 is 0 Å². The molecule has 1 fully saturated rings. The molecule has 1 aromatic heterocycles. The maximum Gasteiger partial charge on any atom is 0.272 e. The summed E-state index contributed by atoms with van der Waals surface area (Å²) in [6.07, 6.45) is 7.26. The summed E-state index contributed by atoms with van der Waals surface area (Å²) in [5, 5.41) is 0. The van der Waals surface area contributed by atoms with Gasteiger partial charge in [0.1, 0.15) is 5.69 Å². The average Bonchev–Trinajstić information content (AvgIpc) is 3.07. The number of nitrogens with zero attached hydrogens (tertiary/aromatic N) is 3. The van der Waals surface area contributed by atoms with Crippen LogP contribution in [0.3, 0.4) is 0 Å². The van der Waals surface area contributed by atoms with E-state index in [0.29, 0.717) is 5.69 Å². The number of carbonyl (C=O) groups is 1. The lowest BCUT2D eigenvalue weighted by Crippen LogP contribution is -2.33. The van der Waals surface area contributed by atoms with Gasteiger partial charge in [0, 0.05) is 38.1 Å². The van der Waals surface area contributed by atoms with E-state index in [4.69, 9.17) is 9.47 Å². The number of aromatic nitrogens is 1. The molecule has 1 aromatic carbocycles. The second-order valence-corrected chi connectivity index (χ2v) is 7.75. The first-order valence-electron chi connectivity index (χ1n) is 10.4. The van der Waals surface area contributed by atoms with Crippen molar-refractivity contribution in [1.29, 1.82) is 0 Å². The van der Waals surface area contributed by atoms with Crippen LogP contribution in [0.2, 0.25) is 0 Å². The second-order valence-electron chi connectivity index (χ2n) is 7.75. The van der Waals surface area contributed by atoms with Crippen molar-refractivity contribution >= 4 is 11.6 Å². The Balaban J connectivity index is 1.54. The molecule has 6 heteroatoms. The highest BCUT2D eigenvalue weighted by Gasteiger charge is 2.22. The number of benzene rings is 1. The molecule has 2 aliphatic heterocycles. The van der Waals surface area contributed by atoms with Crippen molar-refractivity contribution in [2.75, 3.05) is 38.8 Å². The Morgan fingerprint density at radius 3 is 2.31 bits per heavy atom. The van der Waals surface area contributed by atoms with Crippen molar-refractivity contribution in [2.45, 2.75) is 38.6 Å². The smallest absolute Gasteiger partial charge is 0.272 e. The molecule has 3 heterocycles. The van der Waals surface area contributed by atoms with E-state index >= 15 is 0 Å². The van der Waals surface area contributed by atoms with Gasteiger partial charge in [-0.2, -0.15) is 0 Å². The minimum atomic E-state index is 0.0533. The number of rotatable bonds is 4. The summed E-state index contributed by atoms with van der Waals surface area (Å²) in [6, 6.07) is 8.07. The number of amides is 1. The first-order valence-corrected chi connectivity index (χ1v) is 10.4. The van der Waals surface area contributed by atoms with E-state index in [-0.39, 0.29) is 5.91 Å². The molecule has 0 atom stereocenters. The number of ether oxygens (including phenoxy) is 2. The molecule has 0 saturated carbocycles. The van der Waals surface area contributed by atoms with Gasteiger partial charge in [0.2, 0.25) is 0 Å². The number of likely N-dealkylation sites (tertiary alicyclic amines) is 1. The number of anilines is 1. The van der Waals surface area contributed by atoms with Gasteiger partial charge in [0.25, 0.3) is 5.91 Å². The van der Waals surface area contributed by atoms with Gasteiger partial charge >= 0.3 is 0 Å². The van der Waals surface area contributed by atoms with Crippen LogP contribution in [-0.4, -0.2) is 49.6 Å². The van der Waals surface area contributed by atoms with Crippen LogP contribution < -0.4 is 14.4 Å². The molecular formula is C23H29N3O3. The predicted octanol–water partition coefficient (Wildman–Crippen LogP) is 3.68. The largest absolute Gasteiger partial charge is 0.493 e. The Hall–Kier alpha value is -2.76. The summed E-state index contributed by atoms with van der Waals surface area (Å²) >= 11 is 0. The van der Waals surface area contributed by atoms with Crippen molar-refractivity contribution in [3.05, 3.63) is 47.3 Å². The summed E-state index contributed by atoms with van der Waals surface area (Å²) < 4.78 is 10.9. The third-order valence-corrected chi connectivity index (χ3v) is 5.94. The fourth-order valence-corrected chi connectivity index (χ4v) is 4.27. The molecule has 1 amide bonds. The van der Waals surface area contributed by atoms with Crippen LogP contribution in [0.1, 0.15) is 47.3 Å². The minimum absolute atomic E-state index is 0.0533. The zero-order valence-corrected chi connectivity index (χ0v) is 17.3. The first kappa shape index (κ1) is 19.6. The van der Waals surface area contributed by atoms with E-state index in [1.165, 1.54) is 24.0 Å². The number of carbonyl (C=O) groups excluding carboxylic acids is 1. The van der Waals surface area contributed by atoms with Crippen LogP contribution in [0.15, 0.2) is 30.5 Å². The Kier molecular flexibility index (Phi) is 5.88. The maximum atomic E-state index is 13.0. The van der Waals surface area contributed by atoms with E-state index in [1.54, 1.807) is 20.4 Å². The molecule has 0 aliphatic carbocycles. The van der Waals surface area contributed by atoms with Crippen LogP contribution in [0.4, 0.5) is 5.69 Å². The van der Waals surface area contributed by atoms with E-state index < -0.39 is 0 Å². The number of hydrogen-bond acceptors (Lipinski definition) is 5. The van der Waals surface area contributed by atoms with Gasteiger partial charge in [-0.15, -0.1) is 0 Å². The van der Waals surface area contributed by atoms with Crippen LogP contribution in [0, 0.1) is 0 Å². The summed E-state index contributed by atoms with van der Waals surface area (Å²) in [6.45, 7) is 3.34. The van der Waals surface area contributed by atoms with Gasteiger partial charge in [-0.3, -0.25) is 9.78 Å². The number of hydrogen-bond donors (Lipinski definition) is 0. The van der Waals surface area contributed by atoms with Gasteiger partial charge in [-0.25, -0.2) is 0 Å². The van der Waals surface area contributed by atoms with Gasteiger partial charge in [-0.05, 0) is 54.7 Å². The topological polar surface area (TPSA) is 54.9 Å². The summed E-state index contributed by atoms with van der Waals surface area (Å²) in [4.78, 5) is 21.6. The highest BCUT2D eigenvalue weighted by Crippen LogP contribution is 2.34. The molecule has 6 nitrogen and oxygen atoms in total. The van der Waals surface area contributed by atoms with Crippen LogP contribution in [-0.2, 0) is 13.0 Å². The molecule has 0 spiro atoms. The molecule has 0 N–H and O–H groups in total. The fraction of sp³-hybridized carbons (Fsp3) is 0.478. The lowest BCUT2D eigenvalue weighted by molar-refractivity contribution is 0.0756. The third-order valence-electron chi connectivity index (χ3n) is 5.94. The lowest BCUT2D eigenvalue weighted by Gasteiger charge is -2.31. The number of fused-ring (bicyclic) bond motifs is 1. The molecule has 0 radical (unpaired) electrons. The van der Waals surface area contributed by atoms with E-state index in [9.17, 15) is 4.79 Å². The SMILES string of the molecule is COc1cc2c(cc1OC)CN(c1ccnc(C(=O)N3CCCCCC3)c1)CC2. The number of pyridine rings is 1. The lowest BCUT2D eigenvalue weighted by atomic mass is 9.98. The predicted molar refractivity (Wildman–Crippen MR) is 113 cm³/mol. The Labute approximate surface area is 172 Å². The van der Waals surface area contributed by atoms with E-state index in [1.807, 2.05) is 17.0 Å². The maximum absolute atomic E-state index is 13.0. The Morgan fingerprint density at radius 2 is 1.62 bits per heavy atom. The third kappa shape index (κ3) is 4.16. The van der Waals surface area contributed by atoms with Crippen molar-refractivity contribution in [2.24, 2.45) is 0 Å². The molecule has 2 aromatic rings. The van der Waals surface area contributed by atoms with Crippen LogP contribution in [0.5, 0.6) is 11.5 Å². The van der Waals surface area contributed by atoms with Gasteiger partial charge in [-0.1, -0.05) is 12.8 Å². The molecule has 0 unspecified atom stereocenters.